The van der Waals surface area contributed by atoms with E-state index in [1.807, 2.05) is 0 Å². The lowest BCUT2D eigenvalue weighted by Crippen LogP contribution is -2.30. The molecule has 7 nitrogen and oxygen atoms in total. The Morgan fingerprint density at radius 2 is 2.11 bits per heavy atom. The molecule has 1 aliphatic carbocycles. The van der Waals surface area contributed by atoms with Crippen molar-refractivity contribution in [1.82, 2.24) is 19.5 Å². The van der Waals surface area contributed by atoms with E-state index in [4.69, 9.17) is 5.11 Å². The zero-order valence-electron chi connectivity index (χ0n) is 9.38. The SMILES string of the molecule is OCC1=CC(n2cnc3cncnc32)C(O)C1O. The number of rotatable bonds is 2. The zero-order valence-corrected chi connectivity index (χ0v) is 9.38. The number of aromatic nitrogens is 4. The van der Waals surface area contributed by atoms with Gasteiger partial charge >= 0.3 is 0 Å². The molecular weight excluding hydrogens is 236 g/mol. The fourth-order valence-electron chi connectivity index (χ4n) is 2.22. The molecule has 3 unspecified atom stereocenters. The van der Waals surface area contributed by atoms with Crippen LogP contribution in [0, 0.1) is 0 Å². The van der Waals surface area contributed by atoms with Crippen LogP contribution < -0.4 is 0 Å². The van der Waals surface area contributed by atoms with Gasteiger partial charge in [-0.2, -0.15) is 0 Å². The first-order valence-electron chi connectivity index (χ1n) is 5.52. The Hall–Kier alpha value is -1.83. The lowest BCUT2D eigenvalue weighted by molar-refractivity contribution is 0.0287. The molecule has 3 N–H and O–H groups in total. The number of aliphatic hydroxyl groups is 3. The monoisotopic (exact) mass is 248 g/mol. The van der Waals surface area contributed by atoms with Crippen LogP contribution in [0.15, 0.2) is 30.5 Å². The molecule has 0 saturated carbocycles. The molecule has 3 atom stereocenters. The summed E-state index contributed by atoms with van der Waals surface area (Å²) in [7, 11) is 0. The standard InChI is InChI=1S/C11H12N4O3/c16-3-6-1-8(10(18)9(6)17)15-5-14-7-2-12-4-13-11(7)15/h1-2,4-5,8-10,16-18H,3H2. The molecule has 7 heteroatoms. The first kappa shape index (κ1) is 11.3. The minimum Gasteiger partial charge on any atom is -0.392 e. The molecule has 0 spiro atoms. The summed E-state index contributed by atoms with van der Waals surface area (Å²) in [6.07, 6.45) is 4.08. The number of fused-ring (bicyclic) bond motifs is 1. The molecule has 0 aliphatic heterocycles. The average molecular weight is 248 g/mol. The highest BCUT2D eigenvalue weighted by Gasteiger charge is 2.35. The van der Waals surface area contributed by atoms with Gasteiger partial charge < -0.3 is 19.9 Å². The van der Waals surface area contributed by atoms with Crippen molar-refractivity contribution in [2.75, 3.05) is 6.61 Å². The van der Waals surface area contributed by atoms with Crippen molar-refractivity contribution in [2.24, 2.45) is 0 Å². The first-order chi connectivity index (χ1) is 8.72. The molecule has 1 aliphatic rings. The maximum atomic E-state index is 9.99. The van der Waals surface area contributed by atoms with Gasteiger partial charge in [-0.3, -0.25) is 0 Å². The van der Waals surface area contributed by atoms with Gasteiger partial charge in [-0.1, -0.05) is 6.08 Å². The van der Waals surface area contributed by atoms with E-state index in [1.54, 1.807) is 16.8 Å². The van der Waals surface area contributed by atoms with Crippen molar-refractivity contribution < 1.29 is 15.3 Å². The molecule has 2 aromatic heterocycles. The Morgan fingerprint density at radius 3 is 2.83 bits per heavy atom. The molecule has 0 radical (unpaired) electrons. The van der Waals surface area contributed by atoms with Crippen LogP contribution in [0.2, 0.25) is 0 Å². The highest BCUT2D eigenvalue weighted by Crippen LogP contribution is 2.30. The smallest absolute Gasteiger partial charge is 0.163 e. The van der Waals surface area contributed by atoms with Crippen molar-refractivity contribution in [3.05, 3.63) is 30.5 Å². The summed E-state index contributed by atoms with van der Waals surface area (Å²) in [5.74, 6) is 0. The summed E-state index contributed by atoms with van der Waals surface area (Å²) >= 11 is 0. The van der Waals surface area contributed by atoms with Gasteiger partial charge in [-0.05, 0) is 5.57 Å². The second-order valence-corrected chi connectivity index (χ2v) is 4.21. The molecule has 0 amide bonds. The van der Waals surface area contributed by atoms with Crippen molar-refractivity contribution in [1.29, 1.82) is 0 Å². The van der Waals surface area contributed by atoms with Crippen molar-refractivity contribution in [3.8, 4) is 0 Å². The molecule has 18 heavy (non-hydrogen) atoms. The Morgan fingerprint density at radius 1 is 1.28 bits per heavy atom. The van der Waals surface area contributed by atoms with Crippen molar-refractivity contribution >= 4 is 11.2 Å². The summed E-state index contributed by atoms with van der Waals surface area (Å²) in [5.41, 5.74) is 1.60. The van der Waals surface area contributed by atoms with E-state index < -0.39 is 18.2 Å². The summed E-state index contributed by atoms with van der Waals surface area (Å²) in [5, 5.41) is 28.8. The number of aliphatic hydroxyl groups excluding tert-OH is 3. The van der Waals surface area contributed by atoms with E-state index in [-0.39, 0.29) is 6.61 Å². The third kappa shape index (κ3) is 1.52. The third-order valence-electron chi connectivity index (χ3n) is 3.18. The topological polar surface area (TPSA) is 104 Å². The number of hydrogen-bond donors (Lipinski definition) is 3. The normalized spacial score (nSPS) is 27.7. The lowest BCUT2D eigenvalue weighted by atomic mass is 10.1. The predicted octanol–water partition coefficient (Wildman–Crippen LogP) is -0.979. The Kier molecular flexibility index (Phi) is 2.58. The second kappa shape index (κ2) is 4.13. The molecule has 94 valence electrons. The Balaban J connectivity index is 2.08. The summed E-state index contributed by atoms with van der Waals surface area (Å²) < 4.78 is 1.66. The molecule has 0 bridgehead atoms. The fourth-order valence-corrected chi connectivity index (χ4v) is 2.22. The van der Waals surface area contributed by atoms with Gasteiger partial charge in [0.05, 0.1) is 25.2 Å². The van der Waals surface area contributed by atoms with Gasteiger partial charge in [0.25, 0.3) is 0 Å². The molecule has 0 aromatic carbocycles. The van der Waals surface area contributed by atoms with Crippen LogP contribution in [-0.2, 0) is 0 Å². The Bertz CT molecular complexity index is 609. The first-order valence-corrected chi connectivity index (χ1v) is 5.52. The van der Waals surface area contributed by atoms with E-state index >= 15 is 0 Å². The van der Waals surface area contributed by atoms with Crippen molar-refractivity contribution in [2.45, 2.75) is 18.2 Å². The lowest BCUT2D eigenvalue weighted by Gasteiger charge is -2.18. The van der Waals surface area contributed by atoms with Crippen LogP contribution in [-0.4, -0.2) is 53.7 Å². The largest absolute Gasteiger partial charge is 0.392 e. The average Bonchev–Trinajstić information content (AvgIpc) is 2.93. The van der Waals surface area contributed by atoms with Crippen molar-refractivity contribution in [3.63, 3.8) is 0 Å². The van der Waals surface area contributed by atoms with Gasteiger partial charge in [0.15, 0.2) is 5.65 Å². The van der Waals surface area contributed by atoms with Crippen LogP contribution in [0.5, 0.6) is 0 Å². The Labute approximate surface area is 102 Å². The summed E-state index contributed by atoms with van der Waals surface area (Å²) in [6, 6.07) is -0.484. The van der Waals surface area contributed by atoms with Gasteiger partial charge in [-0.25, -0.2) is 15.0 Å². The van der Waals surface area contributed by atoms with E-state index in [9.17, 15) is 10.2 Å². The van der Waals surface area contributed by atoms with E-state index in [0.29, 0.717) is 16.7 Å². The summed E-state index contributed by atoms with van der Waals surface area (Å²) in [4.78, 5) is 12.1. The maximum Gasteiger partial charge on any atom is 0.163 e. The van der Waals surface area contributed by atoms with Gasteiger partial charge in [-0.15, -0.1) is 0 Å². The minimum absolute atomic E-state index is 0.281. The number of hydrogen-bond acceptors (Lipinski definition) is 6. The highest BCUT2D eigenvalue weighted by atomic mass is 16.3. The highest BCUT2D eigenvalue weighted by molar-refractivity contribution is 5.69. The molecule has 2 heterocycles. The molecular formula is C11H12N4O3. The molecule has 0 fully saturated rings. The van der Waals surface area contributed by atoms with Gasteiger partial charge in [0.1, 0.15) is 24.1 Å². The molecule has 0 saturated heterocycles. The second-order valence-electron chi connectivity index (χ2n) is 4.21. The van der Waals surface area contributed by atoms with Crippen LogP contribution in [0.3, 0.4) is 0 Å². The zero-order chi connectivity index (χ0) is 12.7. The van der Waals surface area contributed by atoms with Gasteiger partial charge in [0.2, 0.25) is 0 Å². The minimum atomic E-state index is -1.06. The van der Waals surface area contributed by atoms with Crippen LogP contribution >= 0.6 is 0 Å². The van der Waals surface area contributed by atoms with E-state index in [2.05, 4.69) is 15.0 Å². The summed E-state index contributed by atoms with van der Waals surface area (Å²) in [6.45, 7) is -0.281. The third-order valence-corrected chi connectivity index (χ3v) is 3.18. The molecule has 2 aromatic rings. The fraction of sp³-hybridized carbons (Fsp3) is 0.364. The van der Waals surface area contributed by atoms with Crippen LogP contribution in [0.25, 0.3) is 11.2 Å². The van der Waals surface area contributed by atoms with Crippen LogP contribution in [0.4, 0.5) is 0 Å². The number of nitrogens with zero attached hydrogens (tertiary/aromatic N) is 4. The number of imidazole rings is 1. The predicted molar refractivity (Wildman–Crippen MR) is 61.5 cm³/mol. The maximum absolute atomic E-state index is 9.99. The molecule has 3 rings (SSSR count). The van der Waals surface area contributed by atoms with Gasteiger partial charge in [0, 0.05) is 0 Å². The van der Waals surface area contributed by atoms with E-state index in [1.165, 1.54) is 12.7 Å². The quantitative estimate of drug-likeness (QED) is 0.590. The van der Waals surface area contributed by atoms with Crippen LogP contribution in [0.1, 0.15) is 6.04 Å². The van der Waals surface area contributed by atoms with E-state index in [0.717, 1.165) is 0 Å².